The van der Waals surface area contributed by atoms with Gasteiger partial charge in [-0.15, -0.1) is 0 Å². The lowest BCUT2D eigenvalue weighted by molar-refractivity contribution is 0.0518. The van der Waals surface area contributed by atoms with Gasteiger partial charge in [0.1, 0.15) is 5.82 Å². The minimum absolute atomic E-state index is 0.194. The van der Waals surface area contributed by atoms with Gasteiger partial charge >= 0.3 is 5.97 Å². The summed E-state index contributed by atoms with van der Waals surface area (Å²) in [6.07, 6.45) is 4.58. The summed E-state index contributed by atoms with van der Waals surface area (Å²) in [6.45, 7) is 3.73. The maximum absolute atomic E-state index is 11.7. The van der Waals surface area contributed by atoms with Crippen LogP contribution in [0.1, 0.15) is 23.0 Å². The molecule has 0 atom stereocenters. The maximum atomic E-state index is 11.7. The van der Waals surface area contributed by atoms with Crippen LogP contribution in [0.3, 0.4) is 0 Å². The molecule has 0 fully saturated rings. The SMILES string of the molecule is CCOC(=O)c1nn(-c2cnccn2)c(N)c1C. The lowest BCUT2D eigenvalue weighted by Crippen LogP contribution is -2.08. The van der Waals surface area contributed by atoms with Crippen molar-refractivity contribution in [2.24, 2.45) is 0 Å². The third kappa shape index (κ3) is 2.02. The second-order valence-electron chi connectivity index (χ2n) is 3.55. The summed E-state index contributed by atoms with van der Waals surface area (Å²) in [4.78, 5) is 19.7. The predicted octanol–water partition coefficient (Wildman–Crippen LogP) is 0.730. The van der Waals surface area contributed by atoms with Gasteiger partial charge in [0, 0.05) is 18.0 Å². The Morgan fingerprint density at radius 1 is 1.50 bits per heavy atom. The maximum Gasteiger partial charge on any atom is 0.359 e. The van der Waals surface area contributed by atoms with E-state index in [1.54, 1.807) is 20.0 Å². The Morgan fingerprint density at radius 2 is 2.28 bits per heavy atom. The number of aromatic nitrogens is 4. The van der Waals surface area contributed by atoms with Crippen LogP contribution in [0.5, 0.6) is 0 Å². The quantitative estimate of drug-likeness (QED) is 0.803. The standard InChI is InChI=1S/C11H13N5O2/c1-3-18-11(17)9-7(2)10(12)16(15-9)8-6-13-4-5-14-8/h4-6H,3,12H2,1-2H3. The van der Waals surface area contributed by atoms with E-state index in [1.807, 2.05) is 0 Å². The Hall–Kier alpha value is -2.44. The van der Waals surface area contributed by atoms with Gasteiger partial charge in [-0.1, -0.05) is 0 Å². The van der Waals surface area contributed by atoms with E-state index >= 15 is 0 Å². The van der Waals surface area contributed by atoms with Crippen LogP contribution in [-0.4, -0.2) is 32.3 Å². The van der Waals surface area contributed by atoms with Crippen molar-refractivity contribution in [1.29, 1.82) is 0 Å². The highest BCUT2D eigenvalue weighted by atomic mass is 16.5. The molecule has 0 saturated heterocycles. The van der Waals surface area contributed by atoms with Gasteiger partial charge in [-0.3, -0.25) is 4.98 Å². The molecule has 0 amide bonds. The van der Waals surface area contributed by atoms with Gasteiger partial charge in [0.25, 0.3) is 0 Å². The second-order valence-corrected chi connectivity index (χ2v) is 3.55. The fraction of sp³-hybridized carbons (Fsp3) is 0.273. The van der Waals surface area contributed by atoms with Crippen LogP contribution in [-0.2, 0) is 4.74 Å². The lowest BCUT2D eigenvalue weighted by Gasteiger charge is -2.00. The Balaban J connectivity index is 2.46. The largest absolute Gasteiger partial charge is 0.461 e. The number of carbonyl (C=O) groups is 1. The number of rotatable bonds is 3. The molecule has 0 spiro atoms. The zero-order valence-corrected chi connectivity index (χ0v) is 10.1. The van der Waals surface area contributed by atoms with Crippen LogP contribution in [0.15, 0.2) is 18.6 Å². The molecule has 2 rings (SSSR count). The van der Waals surface area contributed by atoms with E-state index < -0.39 is 5.97 Å². The minimum atomic E-state index is -0.496. The Bertz CT molecular complexity index is 564. The first-order valence-electron chi connectivity index (χ1n) is 5.43. The molecule has 0 saturated carbocycles. The van der Waals surface area contributed by atoms with Crippen LogP contribution < -0.4 is 5.73 Å². The fourth-order valence-electron chi connectivity index (χ4n) is 1.48. The predicted molar refractivity (Wildman–Crippen MR) is 64.3 cm³/mol. The fourth-order valence-corrected chi connectivity index (χ4v) is 1.48. The average Bonchev–Trinajstić information content (AvgIpc) is 2.68. The Morgan fingerprint density at radius 3 is 2.89 bits per heavy atom. The number of ether oxygens (including phenoxy) is 1. The zero-order chi connectivity index (χ0) is 13.1. The number of hydrogen-bond acceptors (Lipinski definition) is 6. The molecule has 0 aliphatic rings. The van der Waals surface area contributed by atoms with Crippen molar-refractivity contribution in [3.63, 3.8) is 0 Å². The van der Waals surface area contributed by atoms with Crippen molar-refractivity contribution in [2.75, 3.05) is 12.3 Å². The first kappa shape index (κ1) is 12.0. The highest BCUT2D eigenvalue weighted by molar-refractivity contribution is 5.90. The van der Waals surface area contributed by atoms with Gasteiger partial charge < -0.3 is 10.5 Å². The van der Waals surface area contributed by atoms with Crippen molar-refractivity contribution < 1.29 is 9.53 Å². The van der Waals surface area contributed by atoms with Crippen LogP contribution in [0.25, 0.3) is 5.82 Å². The number of nitrogens with two attached hydrogens (primary N) is 1. The summed E-state index contributed by atoms with van der Waals surface area (Å²) in [5, 5.41) is 4.11. The Labute approximate surface area is 104 Å². The Kier molecular flexibility index (Phi) is 3.22. The number of nitrogens with zero attached hydrogens (tertiary/aromatic N) is 4. The first-order valence-corrected chi connectivity index (χ1v) is 5.43. The van der Waals surface area contributed by atoms with Crippen LogP contribution >= 0.6 is 0 Å². The van der Waals surface area contributed by atoms with E-state index in [9.17, 15) is 4.79 Å². The molecule has 7 nitrogen and oxygen atoms in total. The van der Waals surface area contributed by atoms with Crippen LogP contribution in [0.4, 0.5) is 5.82 Å². The summed E-state index contributed by atoms with van der Waals surface area (Å²) in [5.41, 5.74) is 6.66. The molecule has 2 aromatic rings. The molecule has 2 aromatic heterocycles. The molecule has 0 radical (unpaired) electrons. The average molecular weight is 247 g/mol. The molecule has 0 unspecified atom stereocenters. The third-order valence-electron chi connectivity index (χ3n) is 2.40. The van der Waals surface area contributed by atoms with Crippen LogP contribution in [0, 0.1) is 6.92 Å². The van der Waals surface area contributed by atoms with E-state index in [1.165, 1.54) is 17.1 Å². The summed E-state index contributed by atoms with van der Waals surface area (Å²) < 4.78 is 6.28. The molecule has 2 N–H and O–H groups in total. The molecule has 0 bridgehead atoms. The molecule has 18 heavy (non-hydrogen) atoms. The van der Waals surface area contributed by atoms with Crippen molar-refractivity contribution in [3.05, 3.63) is 29.8 Å². The highest BCUT2D eigenvalue weighted by Gasteiger charge is 2.20. The third-order valence-corrected chi connectivity index (χ3v) is 2.40. The van der Waals surface area contributed by atoms with Gasteiger partial charge in [0.15, 0.2) is 11.5 Å². The van der Waals surface area contributed by atoms with Gasteiger partial charge in [-0.25, -0.2) is 9.78 Å². The summed E-state index contributed by atoms with van der Waals surface area (Å²) in [6, 6.07) is 0. The molecular formula is C11H13N5O2. The molecule has 7 heteroatoms. The topological polar surface area (TPSA) is 95.9 Å². The normalized spacial score (nSPS) is 10.3. The molecule has 0 aliphatic carbocycles. The van der Waals surface area contributed by atoms with Gasteiger partial charge in [-0.05, 0) is 13.8 Å². The van der Waals surface area contributed by atoms with Gasteiger partial charge in [0.2, 0.25) is 0 Å². The van der Waals surface area contributed by atoms with Crippen LogP contribution in [0.2, 0.25) is 0 Å². The van der Waals surface area contributed by atoms with E-state index in [2.05, 4.69) is 15.1 Å². The minimum Gasteiger partial charge on any atom is -0.461 e. The van der Waals surface area contributed by atoms with Crippen molar-refractivity contribution in [3.8, 4) is 5.82 Å². The van der Waals surface area contributed by atoms with E-state index in [4.69, 9.17) is 10.5 Å². The first-order chi connectivity index (χ1) is 8.65. The highest BCUT2D eigenvalue weighted by Crippen LogP contribution is 2.19. The summed E-state index contributed by atoms with van der Waals surface area (Å²) in [7, 11) is 0. The van der Waals surface area contributed by atoms with Gasteiger partial charge in [-0.2, -0.15) is 9.78 Å². The van der Waals surface area contributed by atoms with Crippen molar-refractivity contribution >= 4 is 11.8 Å². The van der Waals surface area contributed by atoms with Crippen molar-refractivity contribution in [2.45, 2.75) is 13.8 Å². The van der Waals surface area contributed by atoms with E-state index in [0.29, 0.717) is 17.2 Å². The summed E-state index contributed by atoms with van der Waals surface area (Å²) in [5.74, 6) is 0.302. The van der Waals surface area contributed by atoms with Gasteiger partial charge in [0.05, 0.1) is 12.8 Å². The van der Waals surface area contributed by atoms with Crippen molar-refractivity contribution in [1.82, 2.24) is 19.7 Å². The summed E-state index contributed by atoms with van der Waals surface area (Å²) >= 11 is 0. The van der Waals surface area contributed by atoms with E-state index in [-0.39, 0.29) is 12.3 Å². The number of carbonyl (C=O) groups excluding carboxylic acids is 1. The lowest BCUT2D eigenvalue weighted by atomic mass is 10.2. The smallest absolute Gasteiger partial charge is 0.359 e. The number of nitrogen functional groups attached to an aromatic ring is 1. The molecular weight excluding hydrogens is 234 g/mol. The van der Waals surface area contributed by atoms with E-state index in [0.717, 1.165) is 0 Å². The number of esters is 1. The zero-order valence-electron chi connectivity index (χ0n) is 10.1. The molecule has 0 aromatic carbocycles. The molecule has 0 aliphatic heterocycles. The molecule has 94 valence electrons. The second kappa shape index (κ2) is 4.82. The number of anilines is 1. The molecule has 2 heterocycles. The number of hydrogen-bond donors (Lipinski definition) is 1. The monoisotopic (exact) mass is 247 g/mol.